The fourth-order valence-corrected chi connectivity index (χ4v) is 4.82. The van der Waals surface area contributed by atoms with Gasteiger partial charge in [0.25, 0.3) is 0 Å². The van der Waals surface area contributed by atoms with Crippen LogP contribution in [-0.2, 0) is 20.8 Å². The Kier molecular flexibility index (Phi) is 13.2. The molecule has 1 fully saturated rings. The average molecular weight is 531 g/mol. The average Bonchev–Trinajstić information content (AvgIpc) is 3.38. The molecule has 9 nitrogen and oxygen atoms in total. The van der Waals surface area contributed by atoms with Crippen LogP contribution in [0.5, 0.6) is 0 Å². The van der Waals surface area contributed by atoms with Gasteiger partial charge in [0, 0.05) is 43.8 Å². The Bertz CT molecular complexity index is 992. The zero-order valence-corrected chi connectivity index (χ0v) is 22.0. The van der Waals surface area contributed by atoms with Crippen molar-refractivity contribution >= 4 is 29.5 Å². The summed E-state index contributed by atoms with van der Waals surface area (Å²) < 4.78 is 5.31. The SMILES string of the molecule is C=C/C(NC(=O)C/C(N)=C/SCC1CCN(C(=O)CCCc2ccco2)CC1)=C(O)\C=C/CCC(N)=O. The molecular formula is C27H38N4O5S. The molecule has 0 saturated carbocycles. The van der Waals surface area contributed by atoms with Crippen molar-refractivity contribution in [1.29, 1.82) is 0 Å². The quantitative estimate of drug-likeness (QED) is 0.199. The molecule has 10 heteroatoms. The minimum absolute atomic E-state index is 0.0199. The van der Waals surface area contributed by atoms with Gasteiger partial charge in [-0.3, -0.25) is 14.4 Å². The standard InChI is InChI=1S/C27H38N4O5S/c1-2-23(24(32)9-3-4-10-25(29)33)30-26(34)17-21(28)19-37-18-20-12-14-31(15-13-20)27(35)11-5-7-22-8-6-16-36-22/h2-3,6,8-9,16,19-20,32H,1,4-5,7,10-15,17-18,28H2,(H2,29,33)(H,30,34)/b9-3-,21-19-,24-23-. The van der Waals surface area contributed by atoms with E-state index in [1.807, 2.05) is 17.0 Å². The fourth-order valence-electron chi connectivity index (χ4n) is 3.82. The van der Waals surface area contributed by atoms with E-state index in [2.05, 4.69) is 11.9 Å². The number of piperidine rings is 1. The number of carbonyl (C=O) groups is 3. The van der Waals surface area contributed by atoms with Crippen LogP contribution in [0.15, 0.2) is 70.2 Å². The van der Waals surface area contributed by atoms with E-state index in [0.717, 1.165) is 50.3 Å². The van der Waals surface area contributed by atoms with Gasteiger partial charge in [0.15, 0.2) is 0 Å². The molecule has 1 aromatic heterocycles. The summed E-state index contributed by atoms with van der Waals surface area (Å²) in [5, 5.41) is 14.5. The molecule has 202 valence electrons. The number of aliphatic hydroxyl groups excluding tert-OH is 1. The second-order valence-corrected chi connectivity index (χ2v) is 9.82. The normalized spacial score (nSPS) is 15.5. The third-order valence-electron chi connectivity index (χ3n) is 5.88. The number of aryl methyl sites for hydroxylation is 1. The Morgan fingerprint density at radius 1 is 1.24 bits per heavy atom. The molecule has 0 spiro atoms. The van der Waals surface area contributed by atoms with Gasteiger partial charge in [-0.2, -0.15) is 0 Å². The Hall–Kier alpha value is -3.40. The molecule has 1 aromatic rings. The van der Waals surface area contributed by atoms with Crippen molar-refractivity contribution in [2.45, 2.75) is 51.4 Å². The second kappa shape index (κ2) is 16.4. The molecule has 3 amide bonds. The number of furan rings is 1. The van der Waals surface area contributed by atoms with Gasteiger partial charge in [-0.1, -0.05) is 12.7 Å². The van der Waals surface area contributed by atoms with Crippen LogP contribution >= 0.6 is 11.8 Å². The number of nitrogens with zero attached hydrogens (tertiary/aromatic N) is 1. The lowest BCUT2D eigenvalue weighted by Crippen LogP contribution is -2.38. The van der Waals surface area contributed by atoms with Crippen molar-refractivity contribution in [2.24, 2.45) is 17.4 Å². The molecule has 0 atom stereocenters. The molecule has 2 heterocycles. The van der Waals surface area contributed by atoms with Crippen molar-refractivity contribution in [2.75, 3.05) is 18.8 Å². The smallest absolute Gasteiger partial charge is 0.230 e. The van der Waals surface area contributed by atoms with Gasteiger partial charge in [0.1, 0.15) is 11.5 Å². The predicted molar refractivity (Wildman–Crippen MR) is 146 cm³/mol. The third-order valence-corrected chi connectivity index (χ3v) is 7.01. The minimum Gasteiger partial charge on any atom is -0.506 e. The summed E-state index contributed by atoms with van der Waals surface area (Å²) in [5.41, 5.74) is 11.7. The largest absolute Gasteiger partial charge is 0.506 e. The van der Waals surface area contributed by atoms with Crippen LogP contribution in [0.1, 0.15) is 50.7 Å². The number of carbonyl (C=O) groups excluding carboxylic acids is 3. The third kappa shape index (κ3) is 11.9. The van der Waals surface area contributed by atoms with E-state index in [4.69, 9.17) is 15.9 Å². The summed E-state index contributed by atoms with van der Waals surface area (Å²) in [6.45, 7) is 5.13. The van der Waals surface area contributed by atoms with E-state index in [1.165, 1.54) is 12.2 Å². The molecule has 2 rings (SSSR count). The summed E-state index contributed by atoms with van der Waals surface area (Å²) in [6, 6.07) is 3.79. The summed E-state index contributed by atoms with van der Waals surface area (Å²) >= 11 is 1.57. The summed E-state index contributed by atoms with van der Waals surface area (Å²) in [4.78, 5) is 37.4. The maximum Gasteiger partial charge on any atom is 0.230 e. The monoisotopic (exact) mass is 530 g/mol. The van der Waals surface area contributed by atoms with Crippen LogP contribution in [0.3, 0.4) is 0 Å². The number of primary amides is 1. The van der Waals surface area contributed by atoms with Gasteiger partial charge in [-0.25, -0.2) is 0 Å². The van der Waals surface area contributed by atoms with E-state index in [9.17, 15) is 19.5 Å². The second-order valence-electron chi connectivity index (χ2n) is 8.92. The maximum atomic E-state index is 12.5. The van der Waals surface area contributed by atoms with Crippen LogP contribution in [0.25, 0.3) is 0 Å². The van der Waals surface area contributed by atoms with E-state index in [1.54, 1.807) is 29.5 Å². The number of nitrogens with two attached hydrogens (primary N) is 2. The number of aliphatic hydroxyl groups is 1. The van der Waals surface area contributed by atoms with E-state index < -0.39 is 5.91 Å². The molecule has 37 heavy (non-hydrogen) atoms. The number of rotatable bonds is 15. The lowest BCUT2D eigenvalue weighted by Gasteiger charge is -2.31. The van der Waals surface area contributed by atoms with Crippen LogP contribution < -0.4 is 16.8 Å². The molecule has 1 saturated heterocycles. The van der Waals surface area contributed by atoms with Crippen molar-refractivity contribution < 1.29 is 23.9 Å². The first-order valence-corrected chi connectivity index (χ1v) is 13.5. The number of nitrogens with one attached hydrogen (secondary N) is 1. The van der Waals surface area contributed by atoms with Gasteiger partial charge in [-0.15, -0.1) is 11.8 Å². The Balaban J connectivity index is 1.66. The molecule has 0 unspecified atom stereocenters. The number of hydrogen-bond donors (Lipinski definition) is 4. The number of allylic oxidation sites excluding steroid dienone is 3. The molecule has 1 aliphatic heterocycles. The highest BCUT2D eigenvalue weighted by Gasteiger charge is 2.22. The van der Waals surface area contributed by atoms with Crippen molar-refractivity contribution in [3.05, 3.63) is 71.5 Å². The van der Waals surface area contributed by atoms with Crippen LogP contribution in [0.2, 0.25) is 0 Å². The number of likely N-dealkylation sites (tertiary alicyclic amines) is 1. The van der Waals surface area contributed by atoms with Crippen LogP contribution in [-0.4, -0.2) is 46.6 Å². The first kappa shape index (κ1) is 29.8. The summed E-state index contributed by atoms with van der Waals surface area (Å²) in [6.07, 6.45) is 10.5. The number of hydrogen-bond acceptors (Lipinski definition) is 7. The van der Waals surface area contributed by atoms with Crippen molar-refractivity contribution in [3.63, 3.8) is 0 Å². The Morgan fingerprint density at radius 3 is 2.65 bits per heavy atom. The van der Waals surface area contributed by atoms with Crippen LogP contribution in [0, 0.1) is 5.92 Å². The molecule has 0 bridgehead atoms. The van der Waals surface area contributed by atoms with E-state index in [-0.39, 0.29) is 36.1 Å². The summed E-state index contributed by atoms with van der Waals surface area (Å²) in [5.74, 6) is 1.50. The van der Waals surface area contributed by atoms with E-state index in [0.29, 0.717) is 24.5 Å². The highest BCUT2D eigenvalue weighted by molar-refractivity contribution is 8.02. The molecule has 0 aliphatic carbocycles. The zero-order chi connectivity index (χ0) is 27.0. The molecule has 1 aliphatic rings. The lowest BCUT2D eigenvalue weighted by atomic mass is 9.98. The first-order valence-electron chi connectivity index (χ1n) is 12.4. The topological polar surface area (TPSA) is 152 Å². The maximum absolute atomic E-state index is 12.5. The molecule has 0 aromatic carbocycles. The van der Waals surface area contributed by atoms with E-state index >= 15 is 0 Å². The van der Waals surface area contributed by atoms with Crippen LogP contribution in [0.4, 0.5) is 0 Å². The van der Waals surface area contributed by atoms with Crippen molar-refractivity contribution in [3.8, 4) is 0 Å². The zero-order valence-electron chi connectivity index (χ0n) is 21.2. The Labute approximate surface area is 222 Å². The highest BCUT2D eigenvalue weighted by atomic mass is 32.2. The number of amides is 3. The van der Waals surface area contributed by atoms with Crippen molar-refractivity contribution in [1.82, 2.24) is 10.2 Å². The number of thioether (sulfide) groups is 1. The molecular weight excluding hydrogens is 492 g/mol. The summed E-state index contributed by atoms with van der Waals surface area (Å²) in [7, 11) is 0. The first-order chi connectivity index (χ1) is 17.8. The fraction of sp³-hybridized carbons (Fsp3) is 0.444. The van der Waals surface area contributed by atoms with Gasteiger partial charge >= 0.3 is 0 Å². The molecule has 0 radical (unpaired) electrons. The van der Waals surface area contributed by atoms with Gasteiger partial charge in [-0.05, 0) is 61.3 Å². The molecule has 6 N–H and O–H groups in total. The minimum atomic E-state index is -0.432. The predicted octanol–water partition coefficient (Wildman–Crippen LogP) is 3.66. The lowest BCUT2D eigenvalue weighted by molar-refractivity contribution is -0.132. The van der Waals surface area contributed by atoms with Gasteiger partial charge < -0.3 is 31.2 Å². The van der Waals surface area contributed by atoms with Gasteiger partial charge in [0.2, 0.25) is 17.7 Å². The van der Waals surface area contributed by atoms with Gasteiger partial charge in [0.05, 0.1) is 18.4 Å². The Morgan fingerprint density at radius 2 is 2.00 bits per heavy atom. The highest BCUT2D eigenvalue weighted by Crippen LogP contribution is 2.23.